The first-order chi connectivity index (χ1) is 8.63. The van der Waals surface area contributed by atoms with E-state index in [1.54, 1.807) is 12.1 Å². The molecule has 2 heterocycles. The molecule has 0 aliphatic heterocycles. The second kappa shape index (κ2) is 3.88. The van der Waals surface area contributed by atoms with Crippen molar-refractivity contribution in [1.82, 2.24) is 9.97 Å². The van der Waals surface area contributed by atoms with Gasteiger partial charge in [-0.1, -0.05) is 11.3 Å². The van der Waals surface area contributed by atoms with Crippen LogP contribution in [0.3, 0.4) is 0 Å². The second-order valence-electron chi connectivity index (χ2n) is 3.64. The van der Waals surface area contributed by atoms with E-state index in [1.165, 1.54) is 18.2 Å². The Hall–Kier alpha value is -2.28. The normalized spacial score (nSPS) is 10.9. The van der Waals surface area contributed by atoms with Gasteiger partial charge in [0.2, 0.25) is 0 Å². The molecule has 0 atom stereocenters. The van der Waals surface area contributed by atoms with Gasteiger partial charge in [-0.2, -0.15) is 0 Å². The van der Waals surface area contributed by atoms with E-state index in [1.807, 2.05) is 0 Å². The molecule has 0 amide bonds. The van der Waals surface area contributed by atoms with E-state index in [4.69, 9.17) is 0 Å². The van der Waals surface area contributed by atoms with Crippen LogP contribution in [0, 0.1) is 15.9 Å². The van der Waals surface area contributed by atoms with Crippen molar-refractivity contribution in [3.8, 4) is 10.7 Å². The SMILES string of the molecule is O=[N+]([O-])c1ccc(-c2nc3ccc(F)cc3[nH]2)s1. The standard InChI is InChI=1S/C11H6FN3O2S/c12-6-1-2-7-8(5-6)14-11(13-7)9-3-4-10(18-9)15(16)17/h1-5H,(H,13,14). The van der Waals surface area contributed by atoms with Crippen LogP contribution in [0.1, 0.15) is 0 Å². The minimum atomic E-state index is -0.448. The van der Waals surface area contributed by atoms with Gasteiger partial charge < -0.3 is 4.98 Å². The van der Waals surface area contributed by atoms with Gasteiger partial charge in [-0.05, 0) is 24.3 Å². The lowest BCUT2D eigenvalue weighted by Gasteiger charge is -1.87. The summed E-state index contributed by atoms with van der Waals surface area (Å²) in [6.45, 7) is 0. The molecule has 5 nitrogen and oxygen atoms in total. The number of aromatic amines is 1. The number of nitrogens with one attached hydrogen (secondary N) is 1. The number of nitro groups is 1. The number of hydrogen-bond donors (Lipinski definition) is 1. The smallest absolute Gasteiger partial charge is 0.324 e. The number of thiophene rings is 1. The molecule has 90 valence electrons. The van der Waals surface area contributed by atoms with E-state index in [-0.39, 0.29) is 10.8 Å². The Bertz CT molecular complexity index is 750. The van der Waals surface area contributed by atoms with Gasteiger partial charge in [0.05, 0.1) is 20.8 Å². The number of aromatic nitrogens is 2. The van der Waals surface area contributed by atoms with Crippen molar-refractivity contribution < 1.29 is 9.31 Å². The summed E-state index contributed by atoms with van der Waals surface area (Å²) in [5.41, 5.74) is 1.20. The zero-order chi connectivity index (χ0) is 12.7. The third-order valence-corrected chi connectivity index (χ3v) is 3.49. The van der Waals surface area contributed by atoms with Crippen LogP contribution in [0.25, 0.3) is 21.7 Å². The summed E-state index contributed by atoms with van der Waals surface area (Å²) in [4.78, 5) is 18.0. The van der Waals surface area contributed by atoms with Crippen molar-refractivity contribution in [2.45, 2.75) is 0 Å². The van der Waals surface area contributed by atoms with E-state index >= 15 is 0 Å². The highest BCUT2D eigenvalue weighted by Crippen LogP contribution is 2.31. The monoisotopic (exact) mass is 263 g/mol. The fraction of sp³-hybridized carbons (Fsp3) is 0. The van der Waals surface area contributed by atoms with Crippen LogP contribution in [-0.4, -0.2) is 14.9 Å². The highest BCUT2D eigenvalue weighted by Gasteiger charge is 2.13. The zero-order valence-corrected chi connectivity index (χ0v) is 9.70. The summed E-state index contributed by atoms with van der Waals surface area (Å²) in [5.74, 6) is 0.156. The number of imidazole rings is 1. The molecule has 0 spiro atoms. The quantitative estimate of drug-likeness (QED) is 0.569. The molecular weight excluding hydrogens is 257 g/mol. The third-order valence-electron chi connectivity index (χ3n) is 2.45. The fourth-order valence-corrected chi connectivity index (χ4v) is 2.42. The maximum atomic E-state index is 13.0. The lowest BCUT2D eigenvalue weighted by atomic mass is 10.3. The Labute approximate surface area is 104 Å². The minimum Gasteiger partial charge on any atom is -0.337 e. The molecule has 3 rings (SSSR count). The molecule has 7 heteroatoms. The van der Waals surface area contributed by atoms with Gasteiger partial charge >= 0.3 is 5.00 Å². The summed E-state index contributed by atoms with van der Waals surface area (Å²) in [6.07, 6.45) is 0. The zero-order valence-electron chi connectivity index (χ0n) is 8.88. The number of nitrogens with zero attached hydrogens (tertiary/aromatic N) is 2. The average molecular weight is 263 g/mol. The summed E-state index contributed by atoms with van der Waals surface area (Å²) in [6, 6.07) is 7.27. The van der Waals surface area contributed by atoms with E-state index in [2.05, 4.69) is 9.97 Å². The largest absolute Gasteiger partial charge is 0.337 e. The van der Waals surface area contributed by atoms with Crippen LogP contribution < -0.4 is 0 Å². The van der Waals surface area contributed by atoms with Crippen molar-refractivity contribution in [3.63, 3.8) is 0 Å². The summed E-state index contributed by atoms with van der Waals surface area (Å²) >= 11 is 1.03. The predicted octanol–water partition coefficient (Wildman–Crippen LogP) is 3.34. The Morgan fingerprint density at radius 3 is 2.89 bits per heavy atom. The van der Waals surface area contributed by atoms with Crippen molar-refractivity contribution in [3.05, 3.63) is 46.3 Å². The first-order valence-electron chi connectivity index (χ1n) is 5.03. The molecule has 0 saturated heterocycles. The van der Waals surface area contributed by atoms with Gasteiger partial charge in [0, 0.05) is 6.07 Å². The number of rotatable bonds is 2. The van der Waals surface area contributed by atoms with Gasteiger partial charge in [0.15, 0.2) is 0 Å². The van der Waals surface area contributed by atoms with Crippen LogP contribution in [0.2, 0.25) is 0 Å². The summed E-state index contributed by atoms with van der Waals surface area (Å²) < 4.78 is 13.0. The maximum absolute atomic E-state index is 13.0. The van der Waals surface area contributed by atoms with Gasteiger partial charge in [-0.3, -0.25) is 10.1 Å². The van der Waals surface area contributed by atoms with E-state index in [9.17, 15) is 14.5 Å². The molecule has 0 aliphatic carbocycles. The molecule has 0 radical (unpaired) electrons. The number of benzene rings is 1. The first-order valence-corrected chi connectivity index (χ1v) is 5.85. The molecule has 0 saturated carbocycles. The Morgan fingerprint density at radius 1 is 1.33 bits per heavy atom. The third kappa shape index (κ3) is 1.74. The minimum absolute atomic E-state index is 0.0524. The second-order valence-corrected chi connectivity index (χ2v) is 4.70. The topological polar surface area (TPSA) is 71.8 Å². The number of halogens is 1. The number of H-pyrrole nitrogens is 1. The van der Waals surface area contributed by atoms with Crippen molar-refractivity contribution in [2.24, 2.45) is 0 Å². The average Bonchev–Trinajstić information content (AvgIpc) is 2.93. The lowest BCUT2D eigenvalue weighted by molar-refractivity contribution is -0.380. The van der Waals surface area contributed by atoms with Crippen LogP contribution in [0.15, 0.2) is 30.3 Å². The van der Waals surface area contributed by atoms with Gasteiger partial charge in [-0.15, -0.1) is 0 Å². The first kappa shape index (κ1) is 10.8. The molecule has 0 fully saturated rings. The highest BCUT2D eigenvalue weighted by atomic mass is 32.1. The van der Waals surface area contributed by atoms with Crippen molar-refractivity contribution in [2.75, 3.05) is 0 Å². The van der Waals surface area contributed by atoms with Crippen molar-refractivity contribution >= 4 is 27.4 Å². The number of hydrogen-bond acceptors (Lipinski definition) is 4. The highest BCUT2D eigenvalue weighted by molar-refractivity contribution is 7.18. The van der Waals surface area contributed by atoms with Gasteiger partial charge in [0.1, 0.15) is 11.6 Å². The van der Waals surface area contributed by atoms with E-state index < -0.39 is 4.92 Å². The Kier molecular flexibility index (Phi) is 2.34. The molecule has 0 unspecified atom stereocenters. The lowest BCUT2D eigenvalue weighted by Crippen LogP contribution is -1.80. The molecule has 0 aliphatic rings. The summed E-state index contributed by atoms with van der Waals surface area (Å²) in [7, 11) is 0. The Balaban J connectivity index is 2.10. The fourth-order valence-electron chi connectivity index (χ4n) is 1.65. The molecular formula is C11H6FN3O2S. The van der Waals surface area contributed by atoms with Gasteiger partial charge in [0.25, 0.3) is 0 Å². The van der Waals surface area contributed by atoms with Crippen LogP contribution in [0.5, 0.6) is 0 Å². The van der Waals surface area contributed by atoms with E-state index in [0.29, 0.717) is 21.7 Å². The molecule has 0 bridgehead atoms. The predicted molar refractivity (Wildman–Crippen MR) is 66.0 cm³/mol. The molecule has 1 aromatic carbocycles. The molecule has 18 heavy (non-hydrogen) atoms. The summed E-state index contributed by atoms with van der Waals surface area (Å²) in [5, 5.41) is 10.7. The molecule has 2 aromatic heterocycles. The molecule has 1 N–H and O–H groups in total. The van der Waals surface area contributed by atoms with Gasteiger partial charge in [-0.25, -0.2) is 9.37 Å². The van der Waals surface area contributed by atoms with Crippen LogP contribution in [-0.2, 0) is 0 Å². The molecule has 3 aromatic rings. The van der Waals surface area contributed by atoms with E-state index in [0.717, 1.165) is 11.3 Å². The Morgan fingerprint density at radius 2 is 2.17 bits per heavy atom. The van der Waals surface area contributed by atoms with Crippen LogP contribution in [0.4, 0.5) is 9.39 Å². The maximum Gasteiger partial charge on any atom is 0.324 e. The number of fused-ring (bicyclic) bond motifs is 1. The van der Waals surface area contributed by atoms with Crippen molar-refractivity contribution in [1.29, 1.82) is 0 Å². The van der Waals surface area contributed by atoms with Crippen LogP contribution >= 0.6 is 11.3 Å².